The summed E-state index contributed by atoms with van der Waals surface area (Å²) in [5.41, 5.74) is 5.08. The zero-order valence-corrected chi connectivity index (χ0v) is 11.6. The van der Waals surface area contributed by atoms with Gasteiger partial charge in [0.15, 0.2) is 0 Å². The highest BCUT2D eigenvalue weighted by Gasteiger charge is 2.35. The van der Waals surface area contributed by atoms with E-state index >= 15 is 0 Å². The fourth-order valence-electron chi connectivity index (χ4n) is 3.26. The van der Waals surface area contributed by atoms with Crippen LogP contribution in [0.2, 0.25) is 0 Å². The second-order valence-corrected chi connectivity index (χ2v) is 6.29. The molecule has 0 bridgehead atoms. The van der Waals surface area contributed by atoms with E-state index in [0.717, 1.165) is 25.3 Å². The molecule has 0 spiro atoms. The van der Waals surface area contributed by atoms with E-state index in [9.17, 15) is 9.59 Å². The molecule has 0 aromatic carbocycles. The summed E-state index contributed by atoms with van der Waals surface area (Å²) in [6.07, 6.45) is 7.43. The molecule has 2 N–H and O–H groups in total. The van der Waals surface area contributed by atoms with Gasteiger partial charge in [0.1, 0.15) is 0 Å². The molecule has 18 heavy (non-hydrogen) atoms. The van der Waals surface area contributed by atoms with Crippen LogP contribution in [0.25, 0.3) is 0 Å². The fourth-order valence-corrected chi connectivity index (χ4v) is 3.90. The van der Waals surface area contributed by atoms with Crippen molar-refractivity contribution in [3.05, 3.63) is 0 Å². The quantitative estimate of drug-likeness (QED) is 0.839. The van der Waals surface area contributed by atoms with Gasteiger partial charge in [-0.2, -0.15) is 0 Å². The molecule has 0 aromatic rings. The van der Waals surface area contributed by atoms with E-state index < -0.39 is 0 Å². The summed E-state index contributed by atoms with van der Waals surface area (Å²) in [5.74, 6) is 1.21. The van der Waals surface area contributed by atoms with Crippen LogP contribution >= 0.6 is 11.8 Å². The molecular formula is C13H22N2O2S. The number of nitrogens with zero attached hydrogens (tertiary/aromatic N) is 1. The van der Waals surface area contributed by atoms with Crippen LogP contribution in [0.4, 0.5) is 0 Å². The highest BCUT2D eigenvalue weighted by atomic mass is 32.2. The van der Waals surface area contributed by atoms with Gasteiger partial charge in [-0.05, 0) is 31.6 Å². The van der Waals surface area contributed by atoms with Gasteiger partial charge in [0.25, 0.3) is 0 Å². The molecule has 2 rings (SSSR count). The molecule has 1 aliphatic carbocycles. The first-order valence-electron chi connectivity index (χ1n) is 6.84. The van der Waals surface area contributed by atoms with Gasteiger partial charge in [-0.1, -0.05) is 12.8 Å². The number of fused-ring (bicyclic) bond motifs is 1. The largest absolute Gasteiger partial charge is 0.369 e. The molecule has 2 fully saturated rings. The Morgan fingerprint density at radius 1 is 1.11 bits per heavy atom. The van der Waals surface area contributed by atoms with E-state index in [1.807, 2.05) is 0 Å². The number of amides is 2. The number of hydrogen-bond acceptors (Lipinski definition) is 3. The van der Waals surface area contributed by atoms with E-state index in [4.69, 9.17) is 5.73 Å². The van der Waals surface area contributed by atoms with Crippen molar-refractivity contribution in [2.75, 3.05) is 18.1 Å². The maximum absolute atomic E-state index is 12.2. The van der Waals surface area contributed by atoms with Gasteiger partial charge >= 0.3 is 0 Å². The number of carbonyl (C=O) groups excluding carboxylic acids is 2. The minimum Gasteiger partial charge on any atom is -0.369 e. The van der Waals surface area contributed by atoms with Crippen molar-refractivity contribution >= 4 is 23.6 Å². The van der Waals surface area contributed by atoms with E-state index in [-0.39, 0.29) is 17.6 Å². The first-order chi connectivity index (χ1) is 8.68. The molecule has 0 radical (unpaired) electrons. The van der Waals surface area contributed by atoms with Crippen LogP contribution < -0.4 is 5.73 Å². The summed E-state index contributed by atoms with van der Waals surface area (Å²) in [5, 5.41) is 0. The van der Waals surface area contributed by atoms with Crippen molar-refractivity contribution in [2.45, 2.75) is 44.6 Å². The number of nitrogens with two attached hydrogens (primary N) is 1. The molecule has 102 valence electrons. The number of likely N-dealkylation sites (tertiary alicyclic amines) is 1. The molecule has 1 heterocycles. The third-order valence-corrected chi connectivity index (χ3v) is 4.97. The third-order valence-electron chi connectivity index (χ3n) is 4.03. The van der Waals surface area contributed by atoms with Crippen LogP contribution in [0.1, 0.15) is 38.5 Å². The maximum atomic E-state index is 12.2. The Hall–Kier alpha value is -0.710. The highest BCUT2D eigenvalue weighted by Crippen LogP contribution is 2.35. The van der Waals surface area contributed by atoms with Crippen molar-refractivity contribution in [1.82, 2.24) is 4.90 Å². The van der Waals surface area contributed by atoms with Crippen LogP contribution in [0.15, 0.2) is 0 Å². The normalized spacial score (nSPS) is 27.7. The van der Waals surface area contributed by atoms with Crippen molar-refractivity contribution < 1.29 is 9.59 Å². The number of primary amides is 1. The van der Waals surface area contributed by atoms with Crippen molar-refractivity contribution in [3.8, 4) is 0 Å². The fraction of sp³-hybridized carbons (Fsp3) is 0.846. The van der Waals surface area contributed by atoms with E-state index in [1.54, 1.807) is 0 Å². The summed E-state index contributed by atoms with van der Waals surface area (Å²) < 4.78 is 0. The molecule has 1 saturated heterocycles. The molecular weight excluding hydrogens is 248 g/mol. The second-order valence-electron chi connectivity index (χ2n) is 5.30. The third kappa shape index (κ3) is 3.40. The maximum Gasteiger partial charge on any atom is 0.232 e. The Morgan fingerprint density at radius 3 is 2.61 bits per heavy atom. The summed E-state index contributed by atoms with van der Waals surface area (Å²) in [6, 6.07) is 0.467. The molecule has 2 aliphatic rings. The SMILES string of the molecule is NC(=O)CSCC(=O)N1CCC[C@H]2CCCC[C@@H]21. The zero-order chi connectivity index (χ0) is 13.0. The lowest BCUT2D eigenvalue weighted by molar-refractivity contribution is -0.134. The molecule has 1 saturated carbocycles. The molecule has 5 heteroatoms. The zero-order valence-electron chi connectivity index (χ0n) is 10.8. The van der Waals surface area contributed by atoms with Crippen LogP contribution in [0, 0.1) is 5.92 Å². The van der Waals surface area contributed by atoms with Gasteiger partial charge in [-0.3, -0.25) is 9.59 Å². The van der Waals surface area contributed by atoms with Crippen LogP contribution in [0.3, 0.4) is 0 Å². The lowest BCUT2D eigenvalue weighted by Crippen LogP contribution is -2.50. The topological polar surface area (TPSA) is 63.4 Å². The number of piperidine rings is 1. The first-order valence-corrected chi connectivity index (χ1v) is 7.99. The lowest BCUT2D eigenvalue weighted by atomic mass is 9.78. The predicted octanol–water partition coefficient (Wildman–Crippen LogP) is 1.39. The van der Waals surface area contributed by atoms with Gasteiger partial charge in [-0.15, -0.1) is 11.8 Å². The second kappa shape index (κ2) is 6.45. The molecule has 0 aromatic heterocycles. The highest BCUT2D eigenvalue weighted by molar-refractivity contribution is 8.00. The van der Waals surface area contributed by atoms with Crippen LogP contribution in [-0.4, -0.2) is 40.8 Å². The van der Waals surface area contributed by atoms with Crippen molar-refractivity contribution in [2.24, 2.45) is 11.7 Å². The van der Waals surface area contributed by atoms with E-state index in [2.05, 4.69) is 4.90 Å². The Balaban J connectivity index is 1.85. The summed E-state index contributed by atoms with van der Waals surface area (Å²) in [7, 11) is 0. The molecule has 4 nitrogen and oxygen atoms in total. The van der Waals surface area contributed by atoms with Crippen molar-refractivity contribution in [3.63, 3.8) is 0 Å². The Bertz CT molecular complexity index is 320. The van der Waals surface area contributed by atoms with E-state index in [1.165, 1.54) is 37.4 Å². The number of hydrogen-bond donors (Lipinski definition) is 1. The van der Waals surface area contributed by atoms with Crippen LogP contribution in [-0.2, 0) is 9.59 Å². The minimum absolute atomic E-state index is 0.192. The number of thioether (sulfide) groups is 1. The minimum atomic E-state index is -0.345. The first kappa shape index (κ1) is 13.7. The number of carbonyl (C=O) groups is 2. The molecule has 0 unspecified atom stereocenters. The summed E-state index contributed by atoms with van der Waals surface area (Å²) in [4.78, 5) is 24.9. The Morgan fingerprint density at radius 2 is 1.83 bits per heavy atom. The van der Waals surface area contributed by atoms with Crippen LogP contribution in [0.5, 0.6) is 0 Å². The van der Waals surface area contributed by atoms with Gasteiger partial charge in [0.2, 0.25) is 11.8 Å². The average Bonchev–Trinajstić information content (AvgIpc) is 2.37. The smallest absolute Gasteiger partial charge is 0.232 e. The Labute approximate surface area is 113 Å². The molecule has 2 amide bonds. The van der Waals surface area contributed by atoms with Gasteiger partial charge < -0.3 is 10.6 Å². The van der Waals surface area contributed by atoms with E-state index in [0.29, 0.717) is 11.8 Å². The van der Waals surface area contributed by atoms with Gasteiger partial charge in [0.05, 0.1) is 11.5 Å². The standard InChI is InChI=1S/C13H22N2O2S/c14-12(16)8-18-9-13(17)15-7-3-5-10-4-1-2-6-11(10)15/h10-11H,1-9H2,(H2,14,16)/t10-,11+/m1/s1. The van der Waals surface area contributed by atoms with Gasteiger partial charge in [0, 0.05) is 12.6 Å². The number of rotatable bonds is 4. The summed E-state index contributed by atoms with van der Waals surface area (Å²) in [6.45, 7) is 0.900. The average molecular weight is 270 g/mol. The Kier molecular flexibility index (Phi) is 4.92. The molecule has 2 atom stereocenters. The van der Waals surface area contributed by atoms with Crippen molar-refractivity contribution in [1.29, 1.82) is 0 Å². The van der Waals surface area contributed by atoms with Gasteiger partial charge in [-0.25, -0.2) is 0 Å². The molecule has 1 aliphatic heterocycles. The summed E-state index contributed by atoms with van der Waals surface area (Å²) >= 11 is 1.34. The lowest BCUT2D eigenvalue weighted by Gasteiger charge is -2.44. The monoisotopic (exact) mass is 270 g/mol. The predicted molar refractivity (Wildman–Crippen MR) is 73.2 cm³/mol.